The molecule has 2 aromatic rings. The predicted octanol–water partition coefficient (Wildman–Crippen LogP) is 3.20. The SMILES string of the molecule is Cc1ccc(CS(=O)(=O)NC(CCC(=O)O)Cc2ccccc2)cc1C. The van der Waals surface area contributed by atoms with E-state index in [1.807, 2.05) is 62.4 Å². The highest BCUT2D eigenvalue weighted by atomic mass is 32.2. The maximum atomic E-state index is 12.6. The Morgan fingerprint density at radius 1 is 1.04 bits per heavy atom. The Bertz CT molecular complexity index is 847. The van der Waals surface area contributed by atoms with E-state index in [2.05, 4.69) is 4.72 Å². The lowest BCUT2D eigenvalue weighted by atomic mass is 10.0. The fraction of sp³-hybridized carbons (Fsp3) is 0.350. The molecule has 6 heteroatoms. The van der Waals surface area contributed by atoms with Gasteiger partial charge in [-0.05, 0) is 48.9 Å². The molecular weight excluding hydrogens is 350 g/mol. The van der Waals surface area contributed by atoms with E-state index in [1.54, 1.807) is 0 Å². The smallest absolute Gasteiger partial charge is 0.303 e. The van der Waals surface area contributed by atoms with Gasteiger partial charge in [0.05, 0.1) is 5.75 Å². The van der Waals surface area contributed by atoms with Gasteiger partial charge in [0.1, 0.15) is 0 Å². The van der Waals surface area contributed by atoms with E-state index in [1.165, 1.54) is 0 Å². The number of hydrogen-bond acceptors (Lipinski definition) is 3. The number of aliphatic carboxylic acids is 1. The van der Waals surface area contributed by atoms with Crippen molar-refractivity contribution in [2.45, 2.75) is 44.9 Å². The van der Waals surface area contributed by atoms with Gasteiger partial charge in [0.25, 0.3) is 0 Å². The maximum absolute atomic E-state index is 12.6. The number of rotatable bonds is 9. The standard InChI is InChI=1S/C20H25NO4S/c1-15-8-9-18(12-16(15)2)14-26(24,25)21-19(10-11-20(22)23)13-17-6-4-3-5-7-17/h3-9,12,19,21H,10-11,13-14H2,1-2H3,(H,22,23). The number of benzene rings is 2. The molecule has 0 aliphatic heterocycles. The van der Waals surface area contributed by atoms with Gasteiger partial charge in [-0.2, -0.15) is 0 Å². The Labute approximate surface area is 155 Å². The number of sulfonamides is 1. The average Bonchev–Trinajstić information content (AvgIpc) is 2.56. The van der Waals surface area contributed by atoms with Gasteiger partial charge in [-0.25, -0.2) is 13.1 Å². The molecule has 0 heterocycles. The number of carbonyl (C=O) groups is 1. The van der Waals surface area contributed by atoms with Crippen LogP contribution in [0.3, 0.4) is 0 Å². The van der Waals surface area contributed by atoms with Crippen LogP contribution in [0.5, 0.6) is 0 Å². The van der Waals surface area contributed by atoms with Crippen molar-refractivity contribution >= 4 is 16.0 Å². The lowest BCUT2D eigenvalue weighted by Gasteiger charge is -2.18. The third-order valence-corrected chi connectivity index (χ3v) is 5.71. The molecule has 1 unspecified atom stereocenters. The molecule has 0 aliphatic rings. The first kappa shape index (κ1) is 20.1. The molecule has 2 aromatic carbocycles. The highest BCUT2D eigenvalue weighted by Crippen LogP contribution is 2.14. The molecule has 0 aliphatic carbocycles. The second-order valence-electron chi connectivity index (χ2n) is 6.61. The molecule has 0 saturated carbocycles. The summed E-state index contributed by atoms with van der Waals surface area (Å²) in [5.41, 5.74) is 3.85. The molecule has 140 valence electrons. The summed E-state index contributed by atoms with van der Waals surface area (Å²) in [5, 5.41) is 8.94. The molecule has 0 radical (unpaired) electrons. The van der Waals surface area contributed by atoms with Crippen molar-refractivity contribution in [1.82, 2.24) is 4.72 Å². The number of carboxylic acid groups (broad SMARTS) is 1. The average molecular weight is 375 g/mol. The minimum Gasteiger partial charge on any atom is -0.481 e. The van der Waals surface area contributed by atoms with Crippen molar-refractivity contribution in [2.24, 2.45) is 0 Å². The summed E-state index contributed by atoms with van der Waals surface area (Å²) in [6.07, 6.45) is 0.625. The van der Waals surface area contributed by atoms with Crippen LogP contribution in [0.2, 0.25) is 0 Å². The largest absolute Gasteiger partial charge is 0.481 e. The zero-order valence-electron chi connectivity index (χ0n) is 15.1. The normalized spacial score (nSPS) is 12.7. The molecule has 0 amide bonds. The van der Waals surface area contributed by atoms with Crippen molar-refractivity contribution in [3.8, 4) is 0 Å². The summed E-state index contributed by atoms with van der Waals surface area (Å²) in [7, 11) is -3.57. The Morgan fingerprint density at radius 3 is 2.35 bits per heavy atom. The molecule has 0 fully saturated rings. The second kappa shape index (κ2) is 8.96. The van der Waals surface area contributed by atoms with Crippen molar-refractivity contribution in [3.63, 3.8) is 0 Å². The lowest BCUT2D eigenvalue weighted by Crippen LogP contribution is -2.37. The molecule has 0 saturated heterocycles. The van der Waals surface area contributed by atoms with Crippen LogP contribution in [0.4, 0.5) is 0 Å². The minimum absolute atomic E-state index is 0.0797. The Hall–Kier alpha value is -2.18. The molecule has 0 spiro atoms. The van der Waals surface area contributed by atoms with E-state index in [4.69, 9.17) is 5.11 Å². The first-order valence-corrected chi connectivity index (χ1v) is 10.2. The van der Waals surface area contributed by atoms with Crippen molar-refractivity contribution in [1.29, 1.82) is 0 Å². The van der Waals surface area contributed by atoms with E-state index in [0.717, 1.165) is 22.3 Å². The van der Waals surface area contributed by atoms with Gasteiger partial charge >= 0.3 is 5.97 Å². The number of nitrogens with one attached hydrogen (secondary N) is 1. The van der Waals surface area contributed by atoms with Gasteiger partial charge in [0.15, 0.2) is 0 Å². The summed E-state index contributed by atoms with van der Waals surface area (Å²) in [6, 6.07) is 14.6. The van der Waals surface area contributed by atoms with Crippen molar-refractivity contribution in [3.05, 3.63) is 70.8 Å². The van der Waals surface area contributed by atoms with E-state index < -0.39 is 22.0 Å². The first-order valence-electron chi connectivity index (χ1n) is 8.57. The molecule has 1 atom stereocenters. The summed E-state index contributed by atoms with van der Waals surface area (Å²) >= 11 is 0. The zero-order chi connectivity index (χ0) is 19.2. The van der Waals surface area contributed by atoms with Gasteiger partial charge in [-0.15, -0.1) is 0 Å². The Morgan fingerprint density at radius 2 is 1.73 bits per heavy atom. The number of carboxylic acids is 1. The van der Waals surface area contributed by atoms with E-state index in [-0.39, 0.29) is 18.6 Å². The van der Waals surface area contributed by atoms with Gasteiger partial charge < -0.3 is 5.11 Å². The van der Waals surface area contributed by atoms with Crippen LogP contribution >= 0.6 is 0 Å². The van der Waals surface area contributed by atoms with Gasteiger partial charge in [0.2, 0.25) is 10.0 Å². The van der Waals surface area contributed by atoms with E-state index in [9.17, 15) is 13.2 Å². The quantitative estimate of drug-likeness (QED) is 0.705. The highest BCUT2D eigenvalue weighted by Gasteiger charge is 2.20. The van der Waals surface area contributed by atoms with E-state index >= 15 is 0 Å². The van der Waals surface area contributed by atoms with E-state index in [0.29, 0.717) is 6.42 Å². The third kappa shape index (κ3) is 6.61. The van der Waals surface area contributed by atoms with Gasteiger partial charge in [-0.3, -0.25) is 4.79 Å². The zero-order valence-corrected chi connectivity index (χ0v) is 15.9. The summed E-state index contributed by atoms with van der Waals surface area (Å²) in [6.45, 7) is 3.93. The van der Waals surface area contributed by atoms with Crippen LogP contribution in [0, 0.1) is 13.8 Å². The third-order valence-electron chi connectivity index (χ3n) is 4.31. The van der Waals surface area contributed by atoms with Gasteiger partial charge in [-0.1, -0.05) is 48.5 Å². The molecule has 2 rings (SSSR count). The first-order chi connectivity index (χ1) is 12.2. The molecule has 26 heavy (non-hydrogen) atoms. The molecule has 0 bridgehead atoms. The van der Waals surface area contributed by atoms with Gasteiger partial charge in [0, 0.05) is 12.5 Å². The summed E-state index contributed by atoms with van der Waals surface area (Å²) < 4.78 is 27.9. The second-order valence-corrected chi connectivity index (χ2v) is 8.37. The Balaban J connectivity index is 2.10. The van der Waals surface area contributed by atoms with Crippen LogP contribution in [0.15, 0.2) is 48.5 Å². The number of aryl methyl sites for hydroxylation is 2. The molecule has 0 aromatic heterocycles. The lowest BCUT2D eigenvalue weighted by molar-refractivity contribution is -0.137. The fourth-order valence-electron chi connectivity index (χ4n) is 2.81. The highest BCUT2D eigenvalue weighted by molar-refractivity contribution is 7.88. The van der Waals surface area contributed by atoms with Crippen molar-refractivity contribution < 1.29 is 18.3 Å². The Kier molecular flexibility index (Phi) is 6.94. The summed E-state index contributed by atoms with van der Waals surface area (Å²) in [4.78, 5) is 10.9. The predicted molar refractivity (Wildman–Crippen MR) is 102 cm³/mol. The topological polar surface area (TPSA) is 83.5 Å². The van der Waals surface area contributed by atoms with Crippen molar-refractivity contribution in [2.75, 3.05) is 0 Å². The van der Waals surface area contributed by atoms with Crippen LogP contribution in [-0.4, -0.2) is 25.5 Å². The molecule has 5 nitrogen and oxygen atoms in total. The monoisotopic (exact) mass is 375 g/mol. The fourth-order valence-corrected chi connectivity index (χ4v) is 4.22. The van der Waals surface area contributed by atoms with Crippen LogP contribution in [0.1, 0.15) is 35.1 Å². The number of hydrogen-bond donors (Lipinski definition) is 2. The minimum atomic E-state index is -3.57. The molecule has 2 N–H and O–H groups in total. The van der Waals surface area contributed by atoms with Crippen LogP contribution < -0.4 is 4.72 Å². The summed E-state index contributed by atoms with van der Waals surface area (Å²) in [5.74, 6) is -1.05. The maximum Gasteiger partial charge on any atom is 0.303 e. The van der Waals surface area contributed by atoms with Crippen LogP contribution in [-0.2, 0) is 27.0 Å². The molecular formula is C20H25NO4S. The van der Waals surface area contributed by atoms with Crippen LogP contribution in [0.25, 0.3) is 0 Å².